The largest absolute Gasteiger partial charge is 0.357 e. The number of aromatic nitrogens is 2. The third-order valence-corrected chi connectivity index (χ3v) is 3.69. The highest BCUT2D eigenvalue weighted by molar-refractivity contribution is 5.51. The van der Waals surface area contributed by atoms with Crippen molar-refractivity contribution in [2.24, 2.45) is 0 Å². The minimum absolute atomic E-state index is 0.479. The minimum atomic E-state index is 0.479. The molecule has 2 rings (SSSR count). The minimum Gasteiger partial charge on any atom is -0.357 e. The van der Waals surface area contributed by atoms with Gasteiger partial charge in [-0.1, -0.05) is 0 Å². The molecule has 0 aliphatic carbocycles. The summed E-state index contributed by atoms with van der Waals surface area (Å²) in [6, 6.07) is 2.61. The number of piperazine rings is 1. The standard InChI is InChI=1S/C14H25N5/c1-5-18(6-2)13-9-14(17-12(4)16-13)19-8-7-15-10-11(19)3/h9,11,15H,5-8,10H2,1-4H3. The van der Waals surface area contributed by atoms with Crippen molar-refractivity contribution in [3.05, 3.63) is 11.9 Å². The normalized spacial score (nSPS) is 19.6. The highest BCUT2D eigenvalue weighted by Gasteiger charge is 2.20. The SMILES string of the molecule is CCN(CC)c1cc(N2CCNCC2C)nc(C)n1. The molecule has 0 spiro atoms. The summed E-state index contributed by atoms with van der Waals surface area (Å²) < 4.78 is 0. The van der Waals surface area contributed by atoms with Crippen LogP contribution in [0.3, 0.4) is 0 Å². The molecule has 1 saturated heterocycles. The quantitative estimate of drug-likeness (QED) is 0.890. The summed E-state index contributed by atoms with van der Waals surface area (Å²) in [6.07, 6.45) is 0. The topological polar surface area (TPSA) is 44.3 Å². The first kappa shape index (κ1) is 14.1. The van der Waals surface area contributed by atoms with E-state index in [0.29, 0.717) is 6.04 Å². The van der Waals surface area contributed by atoms with Crippen molar-refractivity contribution in [2.75, 3.05) is 42.5 Å². The number of anilines is 2. The molecule has 1 fully saturated rings. The molecule has 1 atom stereocenters. The molecule has 1 aromatic heterocycles. The summed E-state index contributed by atoms with van der Waals surface area (Å²) >= 11 is 0. The molecule has 1 N–H and O–H groups in total. The lowest BCUT2D eigenvalue weighted by Crippen LogP contribution is -2.50. The van der Waals surface area contributed by atoms with Gasteiger partial charge in [-0.15, -0.1) is 0 Å². The number of nitrogens with one attached hydrogen (secondary N) is 1. The Kier molecular flexibility index (Phi) is 4.58. The Balaban J connectivity index is 2.30. The van der Waals surface area contributed by atoms with E-state index in [1.54, 1.807) is 0 Å². The summed E-state index contributed by atoms with van der Waals surface area (Å²) in [5.41, 5.74) is 0. The van der Waals surface area contributed by atoms with Crippen molar-refractivity contribution in [3.8, 4) is 0 Å². The maximum Gasteiger partial charge on any atom is 0.134 e. The van der Waals surface area contributed by atoms with Crippen LogP contribution in [0.2, 0.25) is 0 Å². The first-order valence-electron chi connectivity index (χ1n) is 7.23. The molecule has 0 radical (unpaired) electrons. The van der Waals surface area contributed by atoms with Gasteiger partial charge in [-0.25, -0.2) is 9.97 Å². The van der Waals surface area contributed by atoms with E-state index in [1.165, 1.54) is 0 Å². The zero-order valence-corrected chi connectivity index (χ0v) is 12.5. The summed E-state index contributed by atoms with van der Waals surface area (Å²) in [4.78, 5) is 13.8. The number of aryl methyl sites for hydroxylation is 1. The van der Waals surface area contributed by atoms with Gasteiger partial charge >= 0.3 is 0 Å². The lowest BCUT2D eigenvalue weighted by Gasteiger charge is -2.35. The van der Waals surface area contributed by atoms with Gasteiger partial charge in [0.05, 0.1) is 0 Å². The Morgan fingerprint density at radius 2 is 2.11 bits per heavy atom. The van der Waals surface area contributed by atoms with Crippen LogP contribution >= 0.6 is 0 Å². The van der Waals surface area contributed by atoms with Crippen molar-refractivity contribution >= 4 is 11.6 Å². The molecule has 0 aromatic carbocycles. The summed E-state index contributed by atoms with van der Waals surface area (Å²) in [7, 11) is 0. The maximum atomic E-state index is 4.62. The first-order valence-corrected chi connectivity index (χ1v) is 7.23. The Morgan fingerprint density at radius 1 is 1.37 bits per heavy atom. The lowest BCUT2D eigenvalue weighted by atomic mass is 10.2. The van der Waals surface area contributed by atoms with Gasteiger partial charge in [-0.05, 0) is 27.7 Å². The number of rotatable bonds is 4. The second-order valence-electron chi connectivity index (χ2n) is 5.05. The summed E-state index contributed by atoms with van der Waals surface area (Å²) in [6.45, 7) is 13.5. The monoisotopic (exact) mass is 263 g/mol. The maximum absolute atomic E-state index is 4.62. The van der Waals surface area contributed by atoms with E-state index >= 15 is 0 Å². The van der Waals surface area contributed by atoms with Crippen LogP contribution in [0.15, 0.2) is 6.07 Å². The van der Waals surface area contributed by atoms with Crippen molar-refractivity contribution in [3.63, 3.8) is 0 Å². The molecule has 0 amide bonds. The van der Waals surface area contributed by atoms with Gasteiger partial charge in [0, 0.05) is 44.8 Å². The third-order valence-electron chi connectivity index (χ3n) is 3.69. The van der Waals surface area contributed by atoms with Crippen LogP contribution in [-0.4, -0.2) is 48.7 Å². The predicted molar refractivity (Wildman–Crippen MR) is 80.0 cm³/mol. The van der Waals surface area contributed by atoms with Crippen LogP contribution in [0.25, 0.3) is 0 Å². The molecule has 19 heavy (non-hydrogen) atoms. The van der Waals surface area contributed by atoms with Crippen LogP contribution in [-0.2, 0) is 0 Å². The number of hydrogen-bond donors (Lipinski definition) is 1. The van der Waals surface area contributed by atoms with Crippen LogP contribution in [0.1, 0.15) is 26.6 Å². The molecule has 106 valence electrons. The van der Waals surface area contributed by atoms with Gasteiger partial charge in [0.25, 0.3) is 0 Å². The molecule has 2 heterocycles. The summed E-state index contributed by atoms with van der Waals surface area (Å²) in [5, 5.41) is 3.41. The van der Waals surface area contributed by atoms with E-state index in [9.17, 15) is 0 Å². The van der Waals surface area contributed by atoms with Crippen LogP contribution in [0.5, 0.6) is 0 Å². The molecule has 5 heteroatoms. The van der Waals surface area contributed by atoms with E-state index in [2.05, 4.69) is 51.9 Å². The zero-order chi connectivity index (χ0) is 13.8. The summed E-state index contributed by atoms with van der Waals surface area (Å²) in [5.74, 6) is 2.95. The molecule has 0 saturated carbocycles. The second-order valence-corrected chi connectivity index (χ2v) is 5.05. The fourth-order valence-corrected chi connectivity index (χ4v) is 2.57. The average molecular weight is 263 g/mol. The molecule has 1 aromatic rings. The highest BCUT2D eigenvalue weighted by Crippen LogP contribution is 2.21. The van der Waals surface area contributed by atoms with E-state index in [4.69, 9.17) is 0 Å². The Hall–Kier alpha value is -1.36. The van der Waals surface area contributed by atoms with Gasteiger partial charge in [0.1, 0.15) is 17.5 Å². The molecule has 1 aliphatic heterocycles. The second kappa shape index (κ2) is 6.19. The molecule has 5 nitrogen and oxygen atoms in total. The molecule has 1 unspecified atom stereocenters. The Morgan fingerprint density at radius 3 is 2.74 bits per heavy atom. The Bertz CT molecular complexity index is 416. The molecular formula is C14H25N5. The molecule has 1 aliphatic rings. The van der Waals surface area contributed by atoms with Gasteiger partial charge < -0.3 is 15.1 Å². The van der Waals surface area contributed by atoms with E-state index < -0.39 is 0 Å². The van der Waals surface area contributed by atoms with Gasteiger partial charge in [-0.3, -0.25) is 0 Å². The molecule has 0 bridgehead atoms. The van der Waals surface area contributed by atoms with E-state index in [-0.39, 0.29) is 0 Å². The third kappa shape index (κ3) is 3.15. The van der Waals surface area contributed by atoms with Crippen LogP contribution in [0.4, 0.5) is 11.6 Å². The van der Waals surface area contributed by atoms with Crippen LogP contribution < -0.4 is 15.1 Å². The average Bonchev–Trinajstić information content (AvgIpc) is 2.40. The van der Waals surface area contributed by atoms with Gasteiger partial charge in [0.2, 0.25) is 0 Å². The first-order chi connectivity index (χ1) is 9.15. The van der Waals surface area contributed by atoms with Crippen molar-refractivity contribution in [1.29, 1.82) is 0 Å². The van der Waals surface area contributed by atoms with E-state index in [1.807, 2.05) is 6.92 Å². The smallest absolute Gasteiger partial charge is 0.134 e. The fourth-order valence-electron chi connectivity index (χ4n) is 2.57. The van der Waals surface area contributed by atoms with Gasteiger partial charge in [-0.2, -0.15) is 0 Å². The van der Waals surface area contributed by atoms with Crippen molar-refractivity contribution in [2.45, 2.75) is 33.7 Å². The number of nitrogens with zero attached hydrogens (tertiary/aromatic N) is 4. The highest BCUT2D eigenvalue weighted by atomic mass is 15.3. The van der Waals surface area contributed by atoms with Gasteiger partial charge in [0.15, 0.2) is 0 Å². The molecular weight excluding hydrogens is 238 g/mol. The Labute approximate surface area is 116 Å². The number of hydrogen-bond acceptors (Lipinski definition) is 5. The van der Waals surface area contributed by atoms with E-state index in [0.717, 1.165) is 50.2 Å². The van der Waals surface area contributed by atoms with Crippen molar-refractivity contribution in [1.82, 2.24) is 15.3 Å². The zero-order valence-electron chi connectivity index (χ0n) is 12.5. The van der Waals surface area contributed by atoms with Crippen LogP contribution in [0, 0.1) is 6.92 Å². The predicted octanol–water partition coefficient (Wildman–Crippen LogP) is 1.43. The van der Waals surface area contributed by atoms with Crippen molar-refractivity contribution < 1.29 is 0 Å². The fraction of sp³-hybridized carbons (Fsp3) is 0.714. The lowest BCUT2D eigenvalue weighted by molar-refractivity contribution is 0.496.